The normalized spacial score (nSPS) is 14.8. The van der Waals surface area contributed by atoms with Crippen LogP contribution in [0, 0.1) is 0 Å². The molecule has 2 rings (SSSR count). The number of halogens is 16. The summed E-state index contributed by atoms with van der Waals surface area (Å²) in [7, 11) is 0. The van der Waals surface area contributed by atoms with Crippen molar-refractivity contribution in [1.29, 1.82) is 0 Å². The Hall–Kier alpha value is -3.02. The van der Waals surface area contributed by atoms with E-state index in [0.29, 0.717) is 12.1 Å². The van der Waals surface area contributed by atoms with Gasteiger partial charge in [0.05, 0.1) is 0 Å². The van der Waals surface area contributed by atoms with Crippen LogP contribution in [-0.2, 0) is 12.1 Å². The predicted molar refractivity (Wildman–Crippen MR) is 83.1 cm³/mol. The van der Waals surface area contributed by atoms with E-state index < -0.39 is 75.6 Å². The van der Waals surface area contributed by atoms with Gasteiger partial charge in [-0.15, -0.1) is 0 Å². The Morgan fingerprint density at radius 2 is 1.08 bits per heavy atom. The topological polar surface area (TPSA) is 34.9 Å². The molecular weight excluding hydrogens is 552 g/mol. The molecule has 0 N–H and O–H groups in total. The Balaban J connectivity index is 2.80. The molecule has 0 amide bonds. The van der Waals surface area contributed by atoms with Crippen LogP contribution in [0.2, 0.25) is 0 Å². The highest BCUT2D eigenvalue weighted by Gasteiger charge is 2.91. The Bertz CT molecular complexity index is 1110. The van der Waals surface area contributed by atoms with E-state index in [-0.39, 0.29) is 0 Å². The molecule has 0 spiro atoms. The van der Waals surface area contributed by atoms with E-state index in [1.165, 1.54) is 0 Å². The third kappa shape index (κ3) is 4.14. The van der Waals surface area contributed by atoms with Gasteiger partial charge in [0.15, 0.2) is 5.69 Å². The fourth-order valence-electron chi connectivity index (χ4n) is 2.53. The van der Waals surface area contributed by atoms with Crippen LogP contribution in [0.4, 0.5) is 70.2 Å². The molecule has 0 fully saturated rings. The molecule has 0 aliphatic rings. The number of alkyl halides is 16. The van der Waals surface area contributed by atoms with Crippen LogP contribution in [0.5, 0.6) is 0 Å². The molecule has 1 heterocycles. The lowest BCUT2D eigenvalue weighted by Crippen LogP contribution is -2.69. The summed E-state index contributed by atoms with van der Waals surface area (Å²) in [4.78, 5) is 12.3. The lowest BCUT2D eigenvalue weighted by Gasteiger charge is -2.39. The van der Waals surface area contributed by atoms with Crippen LogP contribution >= 0.6 is 0 Å². The summed E-state index contributed by atoms with van der Waals surface area (Å²) < 4.78 is 212. The van der Waals surface area contributed by atoms with Crippen molar-refractivity contribution in [3.63, 3.8) is 0 Å². The first-order chi connectivity index (χ1) is 15.9. The number of aromatic nitrogens is 2. The Labute approximate surface area is 187 Å². The predicted octanol–water partition coefficient (Wildman–Crippen LogP) is 6.79. The summed E-state index contributed by atoms with van der Waals surface area (Å²) >= 11 is 0. The molecule has 0 saturated heterocycles. The second-order valence-corrected chi connectivity index (χ2v) is 6.87. The van der Waals surface area contributed by atoms with Gasteiger partial charge in [0.1, 0.15) is 5.69 Å². The van der Waals surface area contributed by atoms with Gasteiger partial charge in [0.25, 0.3) is 5.91 Å². The van der Waals surface area contributed by atoms with Gasteiger partial charge in [-0.3, -0.25) is 4.79 Å². The van der Waals surface area contributed by atoms with Gasteiger partial charge in [-0.05, 0) is 18.2 Å². The van der Waals surface area contributed by atoms with E-state index in [1.54, 1.807) is 0 Å². The van der Waals surface area contributed by atoms with Gasteiger partial charge in [0.2, 0.25) is 0 Å². The van der Waals surface area contributed by atoms with Crippen molar-refractivity contribution in [2.75, 3.05) is 0 Å². The van der Waals surface area contributed by atoms with Gasteiger partial charge < -0.3 is 0 Å². The van der Waals surface area contributed by atoms with E-state index in [0.717, 1.165) is 18.2 Å². The molecule has 1 aromatic heterocycles. The molecule has 0 aliphatic heterocycles. The van der Waals surface area contributed by atoms with Crippen LogP contribution in [-0.4, -0.2) is 45.6 Å². The molecule has 0 unspecified atom stereocenters. The van der Waals surface area contributed by atoms with Crippen LogP contribution in [0.1, 0.15) is 21.7 Å². The quantitative estimate of drug-likeness (QED) is 0.367. The zero-order valence-electron chi connectivity index (χ0n) is 16.3. The van der Waals surface area contributed by atoms with Gasteiger partial charge in [-0.25, -0.2) is 0 Å². The standard InChI is InChI=1S/C17H6F16N2O/c18-11(19,13(23,24)14(25,26)15(27,28)16(29,30)17(31,32)33)9-6-8(12(20,21)22)34-35(9)10(36)7-4-2-1-3-5-7/h1-6H. The van der Waals surface area contributed by atoms with E-state index in [4.69, 9.17) is 0 Å². The van der Waals surface area contributed by atoms with Gasteiger partial charge in [0, 0.05) is 5.56 Å². The second kappa shape index (κ2) is 8.25. The summed E-state index contributed by atoms with van der Waals surface area (Å²) in [5.41, 5.74) is -6.69. The van der Waals surface area contributed by atoms with Crippen molar-refractivity contribution < 1.29 is 75.0 Å². The molecule has 202 valence electrons. The highest BCUT2D eigenvalue weighted by atomic mass is 19.4. The molecule has 0 atom stereocenters. The van der Waals surface area contributed by atoms with Crippen LogP contribution in [0.25, 0.3) is 0 Å². The number of hydrogen-bond acceptors (Lipinski definition) is 2. The average Bonchev–Trinajstić information content (AvgIpc) is 3.19. The van der Waals surface area contributed by atoms with Crippen molar-refractivity contribution in [2.24, 2.45) is 0 Å². The first-order valence-corrected chi connectivity index (χ1v) is 8.59. The van der Waals surface area contributed by atoms with Crippen molar-refractivity contribution in [2.45, 2.75) is 42.0 Å². The highest BCUT2D eigenvalue weighted by Crippen LogP contribution is 2.62. The minimum atomic E-state index is -8.27. The third-order valence-corrected chi connectivity index (χ3v) is 4.47. The fraction of sp³-hybridized carbons (Fsp3) is 0.412. The number of carbonyl (C=O) groups is 1. The Morgan fingerprint density at radius 3 is 1.50 bits per heavy atom. The number of benzene rings is 1. The molecule has 2 aromatic rings. The van der Waals surface area contributed by atoms with Crippen LogP contribution in [0.15, 0.2) is 36.4 Å². The minimum absolute atomic E-state index is 0.671. The summed E-state index contributed by atoms with van der Waals surface area (Å²) in [6.45, 7) is 0. The fourth-order valence-corrected chi connectivity index (χ4v) is 2.53. The van der Waals surface area contributed by atoms with Crippen molar-refractivity contribution in [3.05, 3.63) is 53.3 Å². The molecule has 3 nitrogen and oxygen atoms in total. The van der Waals surface area contributed by atoms with Crippen molar-refractivity contribution in [1.82, 2.24) is 9.78 Å². The zero-order chi connectivity index (χ0) is 28.3. The van der Waals surface area contributed by atoms with Crippen molar-refractivity contribution >= 4 is 5.91 Å². The second-order valence-electron chi connectivity index (χ2n) is 6.87. The average molecular weight is 558 g/mol. The third-order valence-electron chi connectivity index (χ3n) is 4.47. The Morgan fingerprint density at radius 1 is 0.639 bits per heavy atom. The number of carbonyl (C=O) groups excluding carboxylic acids is 1. The van der Waals surface area contributed by atoms with Crippen LogP contribution < -0.4 is 0 Å². The van der Waals surface area contributed by atoms with E-state index >= 15 is 0 Å². The molecule has 1 aromatic carbocycles. The number of nitrogens with zero attached hydrogens (tertiary/aromatic N) is 2. The highest BCUT2D eigenvalue weighted by molar-refractivity contribution is 5.95. The monoisotopic (exact) mass is 558 g/mol. The maximum atomic E-state index is 14.5. The SMILES string of the molecule is O=C(c1ccccc1)n1nc(C(F)(F)F)cc1C(F)(F)C(F)(F)C(F)(F)C(F)(F)C(F)(F)C(F)(F)F. The van der Waals surface area contributed by atoms with Gasteiger partial charge in [-0.1, -0.05) is 18.2 Å². The summed E-state index contributed by atoms with van der Waals surface area (Å²) in [5, 5.41) is 2.24. The van der Waals surface area contributed by atoms with E-state index in [9.17, 15) is 75.0 Å². The smallest absolute Gasteiger partial charge is 0.267 e. The van der Waals surface area contributed by atoms with Crippen LogP contribution in [0.3, 0.4) is 0 Å². The molecule has 36 heavy (non-hydrogen) atoms. The lowest BCUT2D eigenvalue weighted by molar-refractivity contribution is -0.442. The van der Waals surface area contributed by atoms with Crippen molar-refractivity contribution in [3.8, 4) is 0 Å². The summed E-state index contributed by atoms with van der Waals surface area (Å²) in [5.74, 6) is -41.8. The maximum absolute atomic E-state index is 14.5. The van der Waals surface area contributed by atoms with E-state index in [1.807, 2.05) is 0 Å². The number of rotatable bonds is 6. The lowest BCUT2D eigenvalue weighted by atomic mass is 9.92. The Kier molecular flexibility index (Phi) is 6.70. The van der Waals surface area contributed by atoms with Gasteiger partial charge >= 0.3 is 42.0 Å². The molecule has 19 heteroatoms. The first-order valence-electron chi connectivity index (χ1n) is 8.59. The summed E-state index contributed by atoms with van der Waals surface area (Å²) in [6, 6.07) is 3.22. The zero-order valence-corrected chi connectivity index (χ0v) is 16.3. The molecule has 0 saturated carbocycles. The maximum Gasteiger partial charge on any atom is 0.460 e. The first kappa shape index (κ1) is 29.2. The van der Waals surface area contributed by atoms with E-state index in [2.05, 4.69) is 5.10 Å². The number of hydrogen-bond donors (Lipinski definition) is 0. The molecular formula is C17H6F16N2O. The largest absolute Gasteiger partial charge is 0.460 e. The molecule has 0 radical (unpaired) electrons. The minimum Gasteiger partial charge on any atom is -0.267 e. The molecule has 0 aliphatic carbocycles. The van der Waals surface area contributed by atoms with Gasteiger partial charge in [-0.2, -0.15) is 80.0 Å². The molecule has 0 bridgehead atoms. The summed E-state index contributed by atoms with van der Waals surface area (Å²) in [6.07, 6.45) is -13.5.